The SMILES string of the molecule is CCC1(C(=O)O)CCN(CC(=O)NNC(C)=O)C1. The Morgan fingerprint density at radius 1 is 1.33 bits per heavy atom. The number of aliphatic carboxylic acids is 1. The van der Waals surface area contributed by atoms with Gasteiger partial charge in [-0.1, -0.05) is 6.92 Å². The molecule has 0 aromatic rings. The van der Waals surface area contributed by atoms with Gasteiger partial charge >= 0.3 is 5.97 Å². The third kappa shape index (κ3) is 3.43. The maximum Gasteiger partial charge on any atom is 0.310 e. The summed E-state index contributed by atoms with van der Waals surface area (Å²) >= 11 is 0. The normalized spacial score (nSPS) is 23.7. The lowest BCUT2D eigenvalue weighted by Gasteiger charge is -2.22. The van der Waals surface area contributed by atoms with E-state index in [2.05, 4.69) is 10.9 Å². The number of hydrogen-bond acceptors (Lipinski definition) is 4. The molecular weight excluding hydrogens is 238 g/mol. The van der Waals surface area contributed by atoms with Crippen LogP contribution in [0.2, 0.25) is 0 Å². The summed E-state index contributed by atoms with van der Waals surface area (Å²) in [6.45, 7) is 4.17. The molecule has 1 aliphatic rings. The van der Waals surface area contributed by atoms with Crippen LogP contribution in [0.3, 0.4) is 0 Å². The van der Waals surface area contributed by atoms with E-state index in [9.17, 15) is 19.5 Å². The number of carboxylic acid groups (broad SMARTS) is 1. The summed E-state index contributed by atoms with van der Waals surface area (Å²) in [6.07, 6.45) is 1.10. The van der Waals surface area contributed by atoms with Gasteiger partial charge in [-0.05, 0) is 19.4 Å². The molecule has 2 amide bonds. The lowest BCUT2D eigenvalue weighted by molar-refractivity contribution is -0.148. The van der Waals surface area contributed by atoms with E-state index >= 15 is 0 Å². The maximum atomic E-state index is 11.5. The minimum absolute atomic E-state index is 0.0926. The van der Waals surface area contributed by atoms with Gasteiger partial charge in [0.15, 0.2) is 0 Å². The fourth-order valence-corrected chi connectivity index (χ4v) is 2.11. The average Bonchev–Trinajstić information content (AvgIpc) is 2.71. The highest BCUT2D eigenvalue weighted by Gasteiger charge is 2.43. The molecule has 1 saturated heterocycles. The van der Waals surface area contributed by atoms with Crippen LogP contribution in [0.1, 0.15) is 26.7 Å². The molecule has 1 heterocycles. The molecule has 0 spiro atoms. The van der Waals surface area contributed by atoms with E-state index in [0.29, 0.717) is 25.9 Å². The van der Waals surface area contributed by atoms with Crippen molar-refractivity contribution in [3.05, 3.63) is 0 Å². The lowest BCUT2D eigenvalue weighted by atomic mass is 9.84. The third-order valence-corrected chi connectivity index (χ3v) is 3.31. The van der Waals surface area contributed by atoms with E-state index in [1.807, 2.05) is 6.92 Å². The molecule has 0 radical (unpaired) electrons. The summed E-state index contributed by atoms with van der Waals surface area (Å²) in [4.78, 5) is 35.1. The van der Waals surface area contributed by atoms with Crippen molar-refractivity contribution in [2.75, 3.05) is 19.6 Å². The number of carboxylic acids is 1. The Labute approximate surface area is 105 Å². The smallest absolute Gasteiger partial charge is 0.310 e. The van der Waals surface area contributed by atoms with Gasteiger partial charge in [-0.15, -0.1) is 0 Å². The van der Waals surface area contributed by atoms with Crippen LogP contribution in [0.15, 0.2) is 0 Å². The van der Waals surface area contributed by atoms with Gasteiger partial charge in [0.05, 0.1) is 12.0 Å². The van der Waals surface area contributed by atoms with Crippen LogP contribution in [0, 0.1) is 5.41 Å². The second-order valence-electron chi connectivity index (χ2n) is 4.63. The van der Waals surface area contributed by atoms with Crippen LogP contribution >= 0.6 is 0 Å². The Morgan fingerprint density at radius 3 is 2.44 bits per heavy atom. The topological polar surface area (TPSA) is 98.7 Å². The Hall–Kier alpha value is -1.63. The van der Waals surface area contributed by atoms with Gasteiger partial charge in [0, 0.05) is 13.5 Å². The molecule has 1 aliphatic heterocycles. The summed E-state index contributed by atoms with van der Waals surface area (Å²) in [5.74, 6) is -1.50. The van der Waals surface area contributed by atoms with Gasteiger partial charge in [0.1, 0.15) is 0 Å². The van der Waals surface area contributed by atoms with Crippen LogP contribution in [0.25, 0.3) is 0 Å². The van der Waals surface area contributed by atoms with E-state index in [0.717, 1.165) is 0 Å². The summed E-state index contributed by atoms with van der Waals surface area (Å²) in [6, 6.07) is 0. The first-order chi connectivity index (χ1) is 8.39. The molecule has 1 atom stereocenters. The minimum Gasteiger partial charge on any atom is -0.481 e. The maximum absolute atomic E-state index is 11.5. The first-order valence-corrected chi connectivity index (χ1v) is 5.91. The largest absolute Gasteiger partial charge is 0.481 e. The number of nitrogens with zero attached hydrogens (tertiary/aromatic N) is 1. The molecule has 0 aromatic carbocycles. The molecule has 1 rings (SSSR count). The number of rotatable bonds is 4. The number of likely N-dealkylation sites (tertiary alicyclic amines) is 1. The van der Waals surface area contributed by atoms with Gasteiger partial charge < -0.3 is 5.11 Å². The molecular formula is C11H19N3O4. The van der Waals surface area contributed by atoms with Crippen molar-refractivity contribution in [3.63, 3.8) is 0 Å². The average molecular weight is 257 g/mol. The molecule has 0 saturated carbocycles. The Kier molecular flexibility index (Phi) is 4.66. The highest BCUT2D eigenvalue weighted by Crippen LogP contribution is 2.33. The molecule has 3 N–H and O–H groups in total. The molecule has 1 fully saturated rings. The molecule has 1 unspecified atom stereocenters. The van der Waals surface area contributed by atoms with Gasteiger partial charge in [0.25, 0.3) is 5.91 Å². The summed E-state index contributed by atoms with van der Waals surface area (Å²) in [5.41, 5.74) is 3.71. The monoisotopic (exact) mass is 257 g/mol. The quantitative estimate of drug-likeness (QED) is 0.581. The van der Waals surface area contributed by atoms with Gasteiger partial charge in [-0.25, -0.2) is 0 Å². The standard InChI is InChI=1S/C11H19N3O4/c1-3-11(10(17)18)4-5-14(7-11)6-9(16)13-12-8(2)15/h3-7H2,1-2H3,(H,12,15)(H,13,16)(H,17,18). The number of hydrogen-bond donors (Lipinski definition) is 3. The number of nitrogens with one attached hydrogen (secondary N) is 2. The van der Waals surface area contributed by atoms with E-state index < -0.39 is 11.4 Å². The number of hydrazine groups is 1. The zero-order valence-electron chi connectivity index (χ0n) is 10.7. The van der Waals surface area contributed by atoms with Gasteiger partial charge in [-0.2, -0.15) is 0 Å². The zero-order chi connectivity index (χ0) is 13.8. The highest BCUT2D eigenvalue weighted by molar-refractivity contribution is 5.82. The number of carbonyl (C=O) groups is 3. The first kappa shape index (κ1) is 14.4. The number of carbonyl (C=O) groups excluding carboxylic acids is 2. The lowest BCUT2D eigenvalue weighted by Crippen LogP contribution is -2.46. The van der Waals surface area contributed by atoms with E-state index in [-0.39, 0.29) is 18.4 Å². The predicted octanol–water partition coefficient (Wildman–Crippen LogP) is -0.660. The van der Waals surface area contributed by atoms with E-state index in [4.69, 9.17) is 0 Å². The third-order valence-electron chi connectivity index (χ3n) is 3.31. The number of amides is 2. The van der Waals surface area contributed by atoms with Crippen molar-refractivity contribution in [3.8, 4) is 0 Å². The molecule has 7 heteroatoms. The Morgan fingerprint density at radius 2 is 2.00 bits per heavy atom. The van der Waals surface area contributed by atoms with Crippen molar-refractivity contribution in [1.29, 1.82) is 0 Å². The van der Waals surface area contributed by atoms with Crippen LogP contribution in [-0.2, 0) is 14.4 Å². The molecule has 102 valence electrons. The van der Waals surface area contributed by atoms with Crippen LogP contribution in [-0.4, -0.2) is 47.4 Å². The van der Waals surface area contributed by atoms with Crippen molar-refractivity contribution < 1.29 is 19.5 Å². The fraction of sp³-hybridized carbons (Fsp3) is 0.727. The molecule has 7 nitrogen and oxygen atoms in total. The molecule has 0 aromatic heterocycles. The van der Waals surface area contributed by atoms with Crippen LogP contribution < -0.4 is 10.9 Å². The van der Waals surface area contributed by atoms with Crippen LogP contribution in [0.4, 0.5) is 0 Å². The van der Waals surface area contributed by atoms with Gasteiger partial charge in [0.2, 0.25) is 5.91 Å². The van der Waals surface area contributed by atoms with Crippen molar-refractivity contribution in [1.82, 2.24) is 15.8 Å². The highest BCUT2D eigenvalue weighted by atomic mass is 16.4. The molecule has 0 bridgehead atoms. The summed E-state index contributed by atoms with van der Waals surface area (Å²) < 4.78 is 0. The zero-order valence-corrected chi connectivity index (χ0v) is 10.7. The summed E-state index contributed by atoms with van der Waals surface area (Å²) in [7, 11) is 0. The van der Waals surface area contributed by atoms with Crippen molar-refractivity contribution in [2.24, 2.45) is 5.41 Å². The first-order valence-electron chi connectivity index (χ1n) is 5.91. The second-order valence-corrected chi connectivity index (χ2v) is 4.63. The van der Waals surface area contributed by atoms with Crippen molar-refractivity contribution >= 4 is 17.8 Å². The predicted molar refractivity (Wildman–Crippen MR) is 63.4 cm³/mol. The summed E-state index contributed by atoms with van der Waals surface area (Å²) in [5, 5.41) is 9.21. The van der Waals surface area contributed by atoms with Gasteiger partial charge in [-0.3, -0.25) is 30.1 Å². The van der Waals surface area contributed by atoms with E-state index in [1.165, 1.54) is 6.92 Å². The molecule has 0 aliphatic carbocycles. The Balaban J connectivity index is 2.45. The fourth-order valence-electron chi connectivity index (χ4n) is 2.11. The van der Waals surface area contributed by atoms with Crippen molar-refractivity contribution in [2.45, 2.75) is 26.7 Å². The second kappa shape index (κ2) is 5.81. The molecule has 18 heavy (non-hydrogen) atoms. The minimum atomic E-state index is -0.810. The Bertz CT molecular complexity index is 358. The van der Waals surface area contributed by atoms with E-state index in [1.54, 1.807) is 4.90 Å². The van der Waals surface area contributed by atoms with Crippen LogP contribution in [0.5, 0.6) is 0 Å².